The van der Waals surface area contributed by atoms with Crippen molar-refractivity contribution in [3.05, 3.63) is 102 Å². The van der Waals surface area contributed by atoms with E-state index < -0.39 is 0 Å². The van der Waals surface area contributed by atoms with Crippen molar-refractivity contribution in [2.24, 2.45) is 0 Å². The van der Waals surface area contributed by atoms with Gasteiger partial charge >= 0.3 is 6.03 Å². The summed E-state index contributed by atoms with van der Waals surface area (Å²) in [6.07, 6.45) is 7.07. The topological polar surface area (TPSA) is 82.2 Å². The molecule has 4 rings (SSSR count). The summed E-state index contributed by atoms with van der Waals surface area (Å²) in [5.41, 5.74) is 7.27. The number of hydrogen-bond acceptors (Lipinski definition) is 5. The fraction of sp³-hybridized carbons (Fsp3) is 0.0455. The van der Waals surface area contributed by atoms with Gasteiger partial charge in [-0.15, -0.1) is 0 Å². The number of para-hydroxylation sites is 1. The number of carbonyl (C=O) groups is 1. The fourth-order valence-electron chi connectivity index (χ4n) is 2.99. The minimum Gasteiger partial charge on any atom is -0.334 e. The van der Waals surface area contributed by atoms with Gasteiger partial charge < -0.3 is 10.6 Å². The molecule has 0 aliphatic carbocycles. The highest BCUT2D eigenvalue weighted by Gasteiger charge is 2.22. The molecule has 30 heavy (non-hydrogen) atoms. The summed E-state index contributed by atoms with van der Waals surface area (Å²) in [6, 6.07) is 14.3. The zero-order chi connectivity index (χ0) is 20.9. The van der Waals surface area contributed by atoms with Crippen molar-refractivity contribution in [3.63, 3.8) is 0 Å². The predicted molar refractivity (Wildman–Crippen MR) is 119 cm³/mol. The Morgan fingerprint density at radius 1 is 1.17 bits per heavy atom. The van der Waals surface area contributed by atoms with Gasteiger partial charge in [0.2, 0.25) is 0 Å². The van der Waals surface area contributed by atoms with Crippen LogP contribution in [0.1, 0.15) is 11.1 Å². The quantitative estimate of drug-likeness (QED) is 0.574. The molecule has 3 aromatic rings. The number of anilines is 2. The van der Waals surface area contributed by atoms with Crippen LogP contribution in [-0.4, -0.2) is 16.0 Å². The molecule has 0 saturated heterocycles. The van der Waals surface area contributed by atoms with Gasteiger partial charge in [-0.3, -0.25) is 10.4 Å². The summed E-state index contributed by atoms with van der Waals surface area (Å²) in [4.78, 5) is 20.8. The van der Waals surface area contributed by atoms with E-state index in [0.717, 1.165) is 22.4 Å². The van der Waals surface area contributed by atoms with Crippen molar-refractivity contribution in [1.29, 1.82) is 0 Å². The molecule has 1 aliphatic heterocycles. The Morgan fingerprint density at radius 3 is 2.83 bits per heavy atom. The molecule has 0 bridgehead atoms. The second-order valence-corrected chi connectivity index (χ2v) is 6.93. The summed E-state index contributed by atoms with van der Waals surface area (Å²) in [5.74, 6) is 0.668. The van der Waals surface area contributed by atoms with Crippen LogP contribution in [0.5, 0.6) is 0 Å². The Bertz CT molecular complexity index is 1120. The predicted octanol–water partition coefficient (Wildman–Crippen LogP) is 4.33. The molecule has 3 N–H and O–H groups in total. The van der Waals surface area contributed by atoms with Crippen molar-refractivity contribution in [3.8, 4) is 0 Å². The van der Waals surface area contributed by atoms with Gasteiger partial charge in [0.25, 0.3) is 0 Å². The number of carbonyl (C=O) groups excluding carboxylic acids is 1. The monoisotopic (exact) mass is 418 g/mol. The highest BCUT2D eigenvalue weighted by Crippen LogP contribution is 2.30. The minimum absolute atomic E-state index is 0.328. The van der Waals surface area contributed by atoms with E-state index in [4.69, 9.17) is 11.6 Å². The number of halogens is 1. The molecule has 0 saturated carbocycles. The molecule has 1 aliphatic rings. The summed E-state index contributed by atoms with van der Waals surface area (Å²) < 4.78 is 0. The van der Waals surface area contributed by atoms with Crippen LogP contribution >= 0.6 is 11.6 Å². The van der Waals surface area contributed by atoms with E-state index in [1.54, 1.807) is 47.9 Å². The van der Waals surface area contributed by atoms with Crippen LogP contribution in [0, 0.1) is 0 Å². The van der Waals surface area contributed by atoms with Gasteiger partial charge in [0.05, 0.1) is 16.4 Å². The molecule has 8 heteroatoms. The van der Waals surface area contributed by atoms with Crippen molar-refractivity contribution < 1.29 is 4.79 Å². The first-order valence-corrected chi connectivity index (χ1v) is 9.60. The molecule has 0 radical (unpaired) electrons. The van der Waals surface area contributed by atoms with Crippen molar-refractivity contribution in [1.82, 2.24) is 20.7 Å². The number of nitrogens with zero attached hydrogens (tertiary/aromatic N) is 3. The van der Waals surface area contributed by atoms with Crippen LogP contribution in [0.25, 0.3) is 5.57 Å². The van der Waals surface area contributed by atoms with Gasteiger partial charge in [0, 0.05) is 42.5 Å². The van der Waals surface area contributed by atoms with Gasteiger partial charge in [-0.25, -0.2) is 14.8 Å². The fourth-order valence-corrected chi connectivity index (χ4v) is 3.17. The molecule has 7 nitrogen and oxygen atoms in total. The third-order valence-electron chi connectivity index (χ3n) is 4.51. The number of amides is 2. The lowest BCUT2D eigenvalue weighted by Gasteiger charge is -2.20. The van der Waals surface area contributed by atoms with Gasteiger partial charge in [0.15, 0.2) is 5.82 Å². The molecule has 1 aromatic carbocycles. The average Bonchev–Trinajstić information content (AvgIpc) is 3.16. The normalized spacial score (nSPS) is 12.9. The molecular weight excluding hydrogens is 400 g/mol. The second kappa shape index (κ2) is 8.67. The van der Waals surface area contributed by atoms with Crippen LogP contribution in [0.3, 0.4) is 0 Å². The first kappa shape index (κ1) is 19.5. The molecule has 0 unspecified atom stereocenters. The van der Waals surface area contributed by atoms with E-state index >= 15 is 0 Å². The molecular formula is C22H19ClN6O. The minimum atomic E-state index is -0.342. The summed E-state index contributed by atoms with van der Waals surface area (Å²) in [5, 5.41) is 7.82. The van der Waals surface area contributed by atoms with E-state index in [1.165, 1.54) is 0 Å². The van der Waals surface area contributed by atoms with Gasteiger partial charge in [-0.1, -0.05) is 36.4 Å². The highest BCUT2D eigenvalue weighted by molar-refractivity contribution is 6.33. The third-order valence-corrected chi connectivity index (χ3v) is 4.84. The van der Waals surface area contributed by atoms with Crippen LogP contribution in [0.15, 0.2) is 85.6 Å². The largest absolute Gasteiger partial charge is 0.334 e. The number of allylic oxidation sites excluding steroid dienone is 1. The Morgan fingerprint density at radius 2 is 2.03 bits per heavy atom. The molecule has 0 atom stereocenters. The van der Waals surface area contributed by atoms with Gasteiger partial charge in [-0.05, 0) is 35.9 Å². The molecule has 3 heterocycles. The maximum Gasteiger partial charge on any atom is 0.319 e. The Labute approximate surface area is 179 Å². The number of aromatic nitrogens is 2. The smallest absolute Gasteiger partial charge is 0.319 e. The average molecular weight is 419 g/mol. The standard InChI is InChI=1S/C22H19ClN6O/c1-15-18(17-5-4-9-24-13-17)14-27-29(15)21-11-16(8-10-25-21)12-26-22(30)28-20-7-3-2-6-19(20)23/h2-11,13-14,27H,1,12H2,(H2,26,28,30). The lowest BCUT2D eigenvalue weighted by atomic mass is 10.1. The maximum atomic E-state index is 12.2. The Balaban J connectivity index is 1.39. The number of hydrogen-bond donors (Lipinski definition) is 3. The molecule has 2 amide bonds. The maximum absolute atomic E-state index is 12.2. The van der Waals surface area contributed by atoms with E-state index in [2.05, 4.69) is 32.6 Å². The first-order valence-electron chi connectivity index (χ1n) is 9.22. The number of nitrogens with one attached hydrogen (secondary N) is 3. The molecule has 0 spiro atoms. The molecule has 150 valence electrons. The zero-order valence-electron chi connectivity index (χ0n) is 16.0. The number of rotatable bonds is 5. The van der Waals surface area contributed by atoms with Crippen LogP contribution in [0.4, 0.5) is 16.3 Å². The summed E-state index contributed by atoms with van der Waals surface area (Å²) >= 11 is 6.07. The second-order valence-electron chi connectivity index (χ2n) is 6.52. The number of urea groups is 1. The lowest BCUT2D eigenvalue weighted by Crippen LogP contribution is -2.30. The third kappa shape index (κ3) is 4.26. The molecule has 0 fully saturated rings. The zero-order valence-corrected chi connectivity index (χ0v) is 16.7. The summed E-state index contributed by atoms with van der Waals surface area (Å²) in [7, 11) is 0. The van der Waals surface area contributed by atoms with Crippen molar-refractivity contribution in [2.75, 3.05) is 10.3 Å². The SMILES string of the molecule is C=C1C(c2cccnc2)=CNN1c1cc(CNC(=O)Nc2ccccc2Cl)ccn1. The van der Waals surface area contributed by atoms with E-state index in [9.17, 15) is 4.79 Å². The number of pyridine rings is 2. The van der Waals surface area contributed by atoms with Gasteiger partial charge in [-0.2, -0.15) is 0 Å². The Hall–Kier alpha value is -3.84. The van der Waals surface area contributed by atoms with E-state index in [0.29, 0.717) is 23.1 Å². The first-order chi connectivity index (χ1) is 14.6. The Kier molecular flexibility index (Phi) is 5.63. The number of benzene rings is 1. The van der Waals surface area contributed by atoms with Gasteiger partial charge in [0.1, 0.15) is 0 Å². The lowest BCUT2D eigenvalue weighted by molar-refractivity contribution is 0.251. The van der Waals surface area contributed by atoms with Crippen LogP contribution in [-0.2, 0) is 6.54 Å². The number of hydrazine groups is 1. The van der Waals surface area contributed by atoms with Crippen molar-refractivity contribution in [2.45, 2.75) is 6.54 Å². The van der Waals surface area contributed by atoms with Crippen LogP contribution in [0.2, 0.25) is 5.02 Å². The molecule has 2 aromatic heterocycles. The van der Waals surface area contributed by atoms with E-state index in [-0.39, 0.29) is 6.03 Å². The highest BCUT2D eigenvalue weighted by atomic mass is 35.5. The van der Waals surface area contributed by atoms with E-state index in [1.807, 2.05) is 30.5 Å². The summed E-state index contributed by atoms with van der Waals surface area (Å²) in [6.45, 7) is 4.49. The van der Waals surface area contributed by atoms with Crippen molar-refractivity contribution >= 4 is 34.7 Å². The van der Waals surface area contributed by atoms with Crippen LogP contribution < -0.4 is 21.1 Å².